The Morgan fingerprint density at radius 3 is 1.92 bits per heavy atom. The Morgan fingerprint density at radius 2 is 1.42 bits per heavy atom. The molecule has 2 fully saturated rings. The van der Waals surface area contributed by atoms with Gasteiger partial charge in [0.2, 0.25) is 0 Å². The normalized spacial score (nSPS) is 35.7. The molecule has 1 saturated heterocycles. The first kappa shape index (κ1) is 7.77. The first-order chi connectivity index (χ1) is 5.79. The molecule has 2 rings (SSSR count). The van der Waals surface area contributed by atoms with Crippen molar-refractivity contribution in [3.63, 3.8) is 0 Å². The zero-order valence-electron chi connectivity index (χ0n) is 6.91. The van der Waals surface area contributed by atoms with Gasteiger partial charge in [-0.15, -0.1) is 0 Å². The second kappa shape index (κ2) is 2.88. The van der Waals surface area contributed by atoms with Crippen LogP contribution in [0.5, 0.6) is 0 Å². The van der Waals surface area contributed by atoms with Gasteiger partial charge in [-0.1, -0.05) is 19.3 Å². The summed E-state index contributed by atoms with van der Waals surface area (Å²) in [6, 6.07) is 0. The Kier molecular flexibility index (Phi) is 1.87. The van der Waals surface area contributed by atoms with Crippen LogP contribution in [-0.4, -0.2) is 11.9 Å². The van der Waals surface area contributed by atoms with Crippen molar-refractivity contribution in [1.29, 1.82) is 0 Å². The number of carbonyl (C=O) groups is 2. The molecule has 1 heterocycles. The fraction of sp³-hybridized carbons (Fsp3) is 0.778. The van der Waals surface area contributed by atoms with Gasteiger partial charge in [0, 0.05) is 0 Å². The Balaban J connectivity index is 2.17. The number of fused-ring (bicyclic) bond motifs is 1. The Bertz CT molecular complexity index is 200. The minimum Gasteiger partial charge on any atom is -0.393 e. The quantitative estimate of drug-likeness (QED) is 0.404. The lowest BCUT2D eigenvalue weighted by Gasteiger charge is -2.06. The molecular formula is C9H12O3. The topological polar surface area (TPSA) is 43.4 Å². The van der Waals surface area contributed by atoms with Gasteiger partial charge in [0.05, 0.1) is 11.8 Å². The monoisotopic (exact) mass is 168 g/mol. The molecule has 66 valence electrons. The van der Waals surface area contributed by atoms with E-state index in [9.17, 15) is 9.59 Å². The molecule has 3 nitrogen and oxygen atoms in total. The molecule has 0 radical (unpaired) electrons. The minimum absolute atomic E-state index is 0.111. The number of hydrogen-bond acceptors (Lipinski definition) is 3. The zero-order valence-corrected chi connectivity index (χ0v) is 6.91. The van der Waals surface area contributed by atoms with E-state index in [1.54, 1.807) is 0 Å². The number of cyclic esters (lactones) is 2. The van der Waals surface area contributed by atoms with Crippen molar-refractivity contribution in [3.05, 3.63) is 0 Å². The van der Waals surface area contributed by atoms with E-state index >= 15 is 0 Å². The van der Waals surface area contributed by atoms with Crippen LogP contribution in [0.3, 0.4) is 0 Å². The molecule has 1 saturated carbocycles. The maximum Gasteiger partial charge on any atom is 0.317 e. The predicted molar refractivity (Wildman–Crippen MR) is 41.2 cm³/mol. The molecule has 12 heavy (non-hydrogen) atoms. The highest BCUT2D eigenvalue weighted by molar-refractivity contribution is 5.96. The zero-order chi connectivity index (χ0) is 8.55. The third-order valence-electron chi connectivity index (χ3n) is 2.82. The number of carbonyl (C=O) groups excluding carboxylic acids is 2. The summed E-state index contributed by atoms with van der Waals surface area (Å²) in [6.07, 6.45) is 4.95. The maximum atomic E-state index is 11.1. The van der Waals surface area contributed by atoms with Crippen LogP contribution in [0.25, 0.3) is 0 Å². The first-order valence-electron chi connectivity index (χ1n) is 4.54. The second-order valence-electron chi connectivity index (χ2n) is 3.59. The van der Waals surface area contributed by atoms with Crippen molar-refractivity contribution in [2.45, 2.75) is 32.1 Å². The summed E-state index contributed by atoms with van der Waals surface area (Å²) < 4.78 is 4.59. The average Bonchev–Trinajstić information content (AvgIpc) is 2.29. The molecule has 0 spiro atoms. The van der Waals surface area contributed by atoms with E-state index in [2.05, 4.69) is 4.74 Å². The second-order valence-corrected chi connectivity index (χ2v) is 3.59. The van der Waals surface area contributed by atoms with Crippen LogP contribution in [0, 0.1) is 11.8 Å². The summed E-state index contributed by atoms with van der Waals surface area (Å²) in [5.74, 6) is -0.793. The van der Waals surface area contributed by atoms with Crippen molar-refractivity contribution in [1.82, 2.24) is 0 Å². The van der Waals surface area contributed by atoms with E-state index in [-0.39, 0.29) is 23.8 Å². The lowest BCUT2D eigenvalue weighted by molar-refractivity contribution is -0.154. The van der Waals surface area contributed by atoms with Crippen LogP contribution in [0.15, 0.2) is 0 Å². The number of rotatable bonds is 0. The fourth-order valence-electron chi connectivity index (χ4n) is 2.12. The van der Waals surface area contributed by atoms with Gasteiger partial charge in [0.1, 0.15) is 0 Å². The van der Waals surface area contributed by atoms with E-state index in [0.29, 0.717) is 0 Å². The molecule has 0 N–H and O–H groups in total. The Hall–Kier alpha value is -0.860. The van der Waals surface area contributed by atoms with Crippen molar-refractivity contribution in [3.8, 4) is 0 Å². The van der Waals surface area contributed by atoms with E-state index in [1.807, 2.05) is 0 Å². The molecule has 2 unspecified atom stereocenters. The van der Waals surface area contributed by atoms with E-state index < -0.39 is 0 Å². The van der Waals surface area contributed by atoms with Crippen molar-refractivity contribution >= 4 is 11.9 Å². The van der Waals surface area contributed by atoms with Gasteiger partial charge in [0.15, 0.2) is 0 Å². The SMILES string of the molecule is O=C1OC(=O)C2CCCCCC12. The molecule has 2 atom stereocenters. The standard InChI is InChI=1S/C9H12O3/c10-8-6-4-2-1-3-5-7(6)9(11)12-8/h6-7H,1-5H2. The summed E-state index contributed by atoms with van der Waals surface area (Å²) in [4.78, 5) is 22.3. The Morgan fingerprint density at radius 1 is 0.917 bits per heavy atom. The van der Waals surface area contributed by atoms with Crippen LogP contribution < -0.4 is 0 Å². The van der Waals surface area contributed by atoms with Crippen LogP contribution in [0.4, 0.5) is 0 Å². The molecule has 2 aliphatic rings. The number of esters is 2. The molecular weight excluding hydrogens is 156 g/mol. The molecule has 1 aliphatic heterocycles. The smallest absolute Gasteiger partial charge is 0.317 e. The van der Waals surface area contributed by atoms with E-state index in [4.69, 9.17) is 0 Å². The first-order valence-corrected chi connectivity index (χ1v) is 4.54. The lowest BCUT2D eigenvalue weighted by atomic mass is 9.91. The van der Waals surface area contributed by atoms with Crippen LogP contribution >= 0.6 is 0 Å². The third-order valence-corrected chi connectivity index (χ3v) is 2.82. The van der Waals surface area contributed by atoms with E-state index in [0.717, 1.165) is 32.1 Å². The number of ether oxygens (including phenoxy) is 1. The van der Waals surface area contributed by atoms with Gasteiger partial charge in [0.25, 0.3) is 0 Å². The summed E-state index contributed by atoms with van der Waals surface area (Å²) >= 11 is 0. The highest BCUT2D eigenvalue weighted by atomic mass is 16.6. The van der Waals surface area contributed by atoms with Crippen molar-refractivity contribution in [2.24, 2.45) is 11.8 Å². The summed E-state index contributed by atoms with van der Waals surface area (Å²) in [7, 11) is 0. The maximum absolute atomic E-state index is 11.1. The fourth-order valence-corrected chi connectivity index (χ4v) is 2.12. The van der Waals surface area contributed by atoms with Gasteiger partial charge in [-0.25, -0.2) is 0 Å². The van der Waals surface area contributed by atoms with Crippen molar-refractivity contribution < 1.29 is 14.3 Å². The summed E-state index contributed by atoms with van der Waals surface area (Å²) in [5, 5.41) is 0. The average molecular weight is 168 g/mol. The molecule has 0 bridgehead atoms. The van der Waals surface area contributed by atoms with Crippen LogP contribution in [-0.2, 0) is 14.3 Å². The summed E-state index contributed by atoms with van der Waals surface area (Å²) in [5.41, 5.74) is 0. The van der Waals surface area contributed by atoms with Gasteiger partial charge in [-0.2, -0.15) is 0 Å². The van der Waals surface area contributed by atoms with Gasteiger partial charge in [-0.05, 0) is 12.8 Å². The van der Waals surface area contributed by atoms with Crippen molar-refractivity contribution in [2.75, 3.05) is 0 Å². The molecule has 0 aromatic heterocycles. The highest BCUT2D eigenvalue weighted by Crippen LogP contribution is 2.35. The van der Waals surface area contributed by atoms with Crippen LogP contribution in [0.2, 0.25) is 0 Å². The number of hydrogen-bond donors (Lipinski definition) is 0. The minimum atomic E-state index is -0.285. The van der Waals surface area contributed by atoms with Crippen LogP contribution in [0.1, 0.15) is 32.1 Å². The van der Waals surface area contributed by atoms with E-state index in [1.165, 1.54) is 0 Å². The lowest BCUT2D eigenvalue weighted by Crippen LogP contribution is -2.15. The van der Waals surface area contributed by atoms with Gasteiger partial charge >= 0.3 is 11.9 Å². The molecule has 0 aromatic carbocycles. The largest absolute Gasteiger partial charge is 0.393 e. The molecule has 0 amide bonds. The van der Waals surface area contributed by atoms with Gasteiger partial charge in [-0.3, -0.25) is 9.59 Å². The molecule has 0 aromatic rings. The van der Waals surface area contributed by atoms with Gasteiger partial charge < -0.3 is 4.74 Å². The highest BCUT2D eigenvalue weighted by Gasteiger charge is 2.43. The molecule has 3 heteroatoms. The Labute approximate surface area is 71.1 Å². The summed E-state index contributed by atoms with van der Waals surface area (Å²) in [6.45, 7) is 0. The molecule has 1 aliphatic carbocycles. The predicted octanol–water partition coefficient (Wildman–Crippen LogP) is 1.27. The third kappa shape index (κ3) is 1.13.